The van der Waals surface area contributed by atoms with E-state index in [4.69, 9.17) is 14.3 Å². The monoisotopic (exact) mass is 288 g/mol. The van der Waals surface area contributed by atoms with Gasteiger partial charge in [-0.2, -0.15) is 9.59 Å². The molecule has 0 bridgehead atoms. The molecule has 1 aromatic carbocycles. The molecule has 2 fully saturated rings. The van der Waals surface area contributed by atoms with Crippen molar-refractivity contribution in [2.24, 2.45) is 17.8 Å². The van der Waals surface area contributed by atoms with E-state index in [9.17, 15) is 4.79 Å². The molecule has 0 radical (unpaired) electrons. The topological polar surface area (TPSA) is 60.4 Å². The van der Waals surface area contributed by atoms with E-state index in [1.807, 2.05) is 6.92 Å². The molecule has 0 spiro atoms. The lowest BCUT2D eigenvalue weighted by atomic mass is 9.88. The Kier molecular flexibility index (Phi) is 4.29. The molecule has 2 aliphatic carbocycles. The highest BCUT2D eigenvalue weighted by atomic mass is 16.5. The second-order valence-electron chi connectivity index (χ2n) is 5.65. The van der Waals surface area contributed by atoms with Gasteiger partial charge in [0.1, 0.15) is 0 Å². The standard InChI is InChI=1S/C16H20O2.CO2/c1-4-12-13-14(15(17)18-5-2)16(12,13)11-8-6-10(3)7-9-11;2-1-3/h6-9,12-14H,4-5H2,1-3H3;/t12-,13?,14+,16?;/m1./s1. The van der Waals surface area contributed by atoms with Gasteiger partial charge in [0.15, 0.2) is 0 Å². The molecule has 2 aliphatic rings. The van der Waals surface area contributed by atoms with Crippen molar-refractivity contribution in [1.82, 2.24) is 0 Å². The third kappa shape index (κ3) is 2.30. The number of aryl methyl sites for hydroxylation is 1. The maximum absolute atomic E-state index is 11.9. The average Bonchev–Trinajstić information content (AvgIpc) is 3.29. The summed E-state index contributed by atoms with van der Waals surface area (Å²) in [6.45, 7) is 6.68. The quantitative estimate of drug-likeness (QED) is 0.799. The van der Waals surface area contributed by atoms with E-state index in [1.165, 1.54) is 11.1 Å². The SMILES string of the molecule is CCOC(=O)[C@@H]1C2[C@@H](CC)C21c1ccc(C)cc1.O=C=O. The van der Waals surface area contributed by atoms with Crippen molar-refractivity contribution in [2.75, 3.05) is 6.61 Å². The molecule has 1 aromatic rings. The summed E-state index contributed by atoms with van der Waals surface area (Å²) < 4.78 is 5.19. The molecule has 2 saturated carbocycles. The predicted molar refractivity (Wildman–Crippen MR) is 75.3 cm³/mol. The minimum Gasteiger partial charge on any atom is -0.466 e. The van der Waals surface area contributed by atoms with Crippen LogP contribution >= 0.6 is 0 Å². The highest BCUT2D eigenvalue weighted by Crippen LogP contribution is 2.85. The first-order chi connectivity index (χ1) is 10.1. The summed E-state index contributed by atoms with van der Waals surface area (Å²) in [7, 11) is 0. The number of hydrogen-bond donors (Lipinski definition) is 0. The van der Waals surface area contributed by atoms with Crippen LogP contribution in [0.2, 0.25) is 0 Å². The van der Waals surface area contributed by atoms with Crippen LogP contribution in [-0.4, -0.2) is 18.7 Å². The van der Waals surface area contributed by atoms with Crippen LogP contribution in [0.3, 0.4) is 0 Å². The van der Waals surface area contributed by atoms with E-state index >= 15 is 0 Å². The molecule has 0 aliphatic heterocycles. The first-order valence-electron chi connectivity index (χ1n) is 7.32. The molecular formula is C17H20O4. The molecule has 3 rings (SSSR count). The second kappa shape index (κ2) is 5.82. The van der Waals surface area contributed by atoms with E-state index in [0.29, 0.717) is 18.4 Å². The van der Waals surface area contributed by atoms with Crippen LogP contribution in [0.1, 0.15) is 31.4 Å². The van der Waals surface area contributed by atoms with Crippen LogP contribution in [-0.2, 0) is 24.5 Å². The molecular weight excluding hydrogens is 268 g/mol. The number of esters is 1. The van der Waals surface area contributed by atoms with Crippen LogP contribution < -0.4 is 0 Å². The molecule has 0 aromatic heterocycles. The minimum atomic E-state index is 0.00720. The summed E-state index contributed by atoms with van der Waals surface area (Å²) in [6, 6.07) is 8.67. The summed E-state index contributed by atoms with van der Waals surface area (Å²) in [6.07, 6.45) is 1.41. The summed E-state index contributed by atoms with van der Waals surface area (Å²) in [5.74, 6) is 1.37. The Morgan fingerprint density at radius 2 is 1.81 bits per heavy atom. The van der Waals surface area contributed by atoms with E-state index < -0.39 is 0 Å². The fraction of sp³-hybridized carbons (Fsp3) is 0.529. The largest absolute Gasteiger partial charge is 0.466 e. The first kappa shape index (κ1) is 15.5. The van der Waals surface area contributed by atoms with Gasteiger partial charge in [-0.15, -0.1) is 0 Å². The van der Waals surface area contributed by atoms with Gasteiger partial charge in [-0.05, 0) is 31.2 Å². The predicted octanol–water partition coefficient (Wildman–Crippen LogP) is 2.50. The molecule has 0 heterocycles. The maximum Gasteiger partial charge on any atom is 0.373 e. The molecule has 0 amide bonds. The summed E-state index contributed by atoms with van der Waals surface area (Å²) in [5.41, 5.74) is 2.74. The summed E-state index contributed by atoms with van der Waals surface area (Å²) in [4.78, 5) is 28.2. The third-order valence-corrected chi connectivity index (χ3v) is 4.79. The van der Waals surface area contributed by atoms with Gasteiger partial charge in [0, 0.05) is 5.41 Å². The van der Waals surface area contributed by atoms with Crippen molar-refractivity contribution in [3.8, 4) is 0 Å². The van der Waals surface area contributed by atoms with Crippen molar-refractivity contribution < 1.29 is 19.1 Å². The van der Waals surface area contributed by atoms with E-state index in [0.717, 1.165) is 6.42 Å². The van der Waals surface area contributed by atoms with E-state index in [2.05, 4.69) is 38.1 Å². The van der Waals surface area contributed by atoms with E-state index in [-0.39, 0.29) is 23.5 Å². The summed E-state index contributed by atoms with van der Waals surface area (Å²) >= 11 is 0. The Balaban J connectivity index is 0.000000497. The van der Waals surface area contributed by atoms with Crippen LogP contribution in [0.15, 0.2) is 24.3 Å². The Labute approximate surface area is 124 Å². The minimum absolute atomic E-state index is 0.00720. The van der Waals surface area contributed by atoms with Crippen LogP contribution in [0.5, 0.6) is 0 Å². The number of rotatable bonds is 4. The van der Waals surface area contributed by atoms with Gasteiger partial charge >= 0.3 is 12.1 Å². The number of hydrogen-bond acceptors (Lipinski definition) is 4. The number of carbonyl (C=O) groups is 1. The van der Waals surface area contributed by atoms with Gasteiger partial charge in [-0.25, -0.2) is 0 Å². The first-order valence-corrected chi connectivity index (χ1v) is 7.32. The molecule has 4 heteroatoms. The Morgan fingerprint density at radius 1 is 1.24 bits per heavy atom. The molecule has 0 saturated heterocycles. The average molecular weight is 288 g/mol. The molecule has 112 valence electrons. The highest BCUT2D eigenvalue weighted by molar-refractivity contribution is 5.84. The van der Waals surface area contributed by atoms with Crippen molar-refractivity contribution in [3.05, 3.63) is 35.4 Å². The lowest BCUT2D eigenvalue weighted by Gasteiger charge is -2.17. The van der Waals surface area contributed by atoms with Gasteiger partial charge in [0.05, 0.1) is 12.5 Å². The van der Waals surface area contributed by atoms with Crippen molar-refractivity contribution >= 4 is 12.1 Å². The zero-order chi connectivity index (χ0) is 15.6. The van der Waals surface area contributed by atoms with Crippen LogP contribution in [0.4, 0.5) is 0 Å². The Morgan fingerprint density at radius 3 is 2.29 bits per heavy atom. The molecule has 2 unspecified atom stereocenters. The Bertz CT molecular complexity index is 557. The molecule has 4 nitrogen and oxygen atoms in total. The van der Waals surface area contributed by atoms with E-state index in [1.54, 1.807) is 0 Å². The lowest BCUT2D eigenvalue weighted by Crippen LogP contribution is -2.22. The fourth-order valence-corrected chi connectivity index (χ4v) is 3.89. The third-order valence-electron chi connectivity index (χ3n) is 4.79. The fourth-order valence-electron chi connectivity index (χ4n) is 3.89. The zero-order valence-corrected chi connectivity index (χ0v) is 12.6. The molecule has 0 N–H and O–H groups in total. The summed E-state index contributed by atoms with van der Waals surface area (Å²) in [5, 5.41) is 0. The van der Waals surface area contributed by atoms with Crippen LogP contribution in [0, 0.1) is 24.7 Å². The van der Waals surface area contributed by atoms with Gasteiger partial charge in [-0.1, -0.05) is 43.2 Å². The normalized spacial score (nSPS) is 31.1. The van der Waals surface area contributed by atoms with Gasteiger partial charge in [0.25, 0.3) is 0 Å². The second-order valence-corrected chi connectivity index (χ2v) is 5.65. The van der Waals surface area contributed by atoms with Gasteiger partial charge < -0.3 is 4.74 Å². The number of ether oxygens (including phenoxy) is 1. The lowest BCUT2D eigenvalue weighted by molar-refractivity contribution is -0.191. The van der Waals surface area contributed by atoms with Crippen molar-refractivity contribution in [2.45, 2.75) is 32.6 Å². The van der Waals surface area contributed by atoms with Crippen molar-refractivity contribution in [1.29, 1.82) is 0 Å². The number of carbonyl (C=O) groups excluding carboxylic acids is 3. The molecule has 4 atom stereocenters. The van der Waals surface area contributed by atoms with Gasteiger partial charge in [0.2, 0.25) is 0 Å². The number of fused-ring (bicyclic) bond motifs is 1. The molecule has 21 heavy (non-hydrogen) atoms. The Hall–Kier alpha value is -1.93. The smallest absolute Gasteiger partial charge is 0.373 e. The highest BCUT2D eigenvalue weighted by Gasteiger charge is 2.88. The zero-order valence-electron chi connectivity index (χ0n) is 12.6. The number of benzene rings is 1. The maximum atomic E-state index is 11.9. The van der Waals surface area contributed by atoms with Gasteiger partial charge in [-0.3, -0.25) is 4.79 Å². The van der Waals surface area contributed by atoms with Crippen molar-refractivity contribution in [3.63, 3.8) is 0 Å². The van der Waals surface area contributed by atoms with Crippen LogP contribution in [0.25, 0.3) is 0 Å².